The molecule has 0 aliphatic rings. The Balaban J connectivity index is 0.000000110. The zero-order chi connectivity index (χ0) is 81.5. The van der Waals surface area contributed by atoms with E-state index in [1.807, 2.05) is 6.07 Å². The van der Waals surface area contributed by atoms with Crippen molar-refractivity contribution >= 4 is 166 Å². The monoisotopic (exact) mass is 1540 g/mol. The van der Waals surface area contributed by atoms with Crippen molar-refractivity contribution < 1.29 is 0 Å². The van der Waals surface area contributed by atoms with Crippen molar-refractivity contribution in [3.8, 4) is 0 Å². The normalized spacial score (nSPS) is 11.6. The van der Waals surface area contributed by atoms with Gasteiger partial charge in [-0.25, -0.2) is 0 Å². The molecular weight excluding hydrogens is 1440 g/mol. The number of para-hydroxylation sites is 10. The summed E-state index contributed by atoms with van der Waals surface area (Å²) >= 11 is 0. The molecule has 0 saturated heterocycles. The molecule has 5 aromatic heterocycles. The number of aromatic nitrogens is 5. The van der Waals surface area contributed by atoms with Gasteiger partial charge in [0.1, 0.15) is 0 Å². The van der Waals surface area contributed by atoms with E-state index in [0.717, 1.165) is 25.9 Å². The smallest absolute Gasteiger partial charge is 0.0495 e. The van der Waals surface area contributed by atoms with Crippen LogP contribution in [-0.2, 0) is 20.1 Å². The highest BCUT2D eigenvalue weighted by Gasteiger charge is 2.20. The number of anilines is 10. The Morgan fingerprint density at radius 3 is 0.797 bits per heavy atom. The van der Waals surface area contributed by atoms with Crippen molar-refractivity contribution in [1.82, 2.24) is 22.8 Å². The van der Waals surface area contributed by atoms with Crippen LogP contribution in [0.4, 0.5) is 56.9 Å². The lowest BCUT2D eigenvalue weighted by Crippen LogP contribution is -2.09. The second kappa shape index (κ2) is 34.8. The molecule has 0 saturated carbocycles. The van der Waals surface area contributed by atoms with Crippen LogP contribution in [0.3, 0.4) is 0 Å². The van der Waals surface area contributed by atoms with Gasteiger partial charge in [0.25, 0.3) is 0 Å². The topological polar surface area (TPSA) is 40.9 Å². The van der Waals surface area contributed by atoms with Gasteiger partial charge >= 0.3 is 0 Å². The zero-order valence-electron chi connectivity index (χ0n) is 70.1. The van der Waals surface area contributed by atoms with Crippen molar-refractivity contribution in [3.05, 3.63) is 364 Å². The van der Waals surface area contributed by atoms with Crippen LogP contribution in [0.25, 0.3) is 109 Å². The van der Waals surface area contributed by atoms with E-state index in [4.69, 9.17) is 0 Å². The van der Waals surface area contributed by atoms with E-state index in [-0.39, 0.29) is 0 Å². The Morgan fingerprint density at radius 2 is 0.458 bits per heavy atom. The van der Waals surface area contributed by atoms with Gasteiger partial charge in [-0.15, -0.1) is 0 Å². The molecule has 1 atom stereocenters. The molecule has 0 radical (unpaired) electrons. The second-order valence-corrected chi connectivity index (χ2v) is 31.1. The average molecular weight is 1540 g/mol. The van der Waals surface area contributed by atoms with Crippen LogP contribution in [-0.4, -0.2) is 58.1 Å². The molecule has 20 aromatic rings. The van der Waals surface area contributed by atoms with E-state index in [1.165, 1.54) is 166 Å². The molecule has 10 nitrogen and oxygen atoms in total. The average Bonchev–Trinajstić information content (AvgIpc) is 1.63. The highest BCUT2D eigenvalue weighted by Crippen LogP contribution is 2.41. The Bertz CT molecular complexity index is 6830. The lowest BCUT2D eigenvalue weighted by Gasteiger charge is -2.20. The van der Waals surface area contributed by atoms with E-state index in [9.17, 15) is 0 Å². The molecule has 0 aliphatic heterocycles. The summed E-state index contributed by atoms with van der Waals surface area (Å²) in [7, 11) is 12.7. The minimum atomic E-state index is 0.435. The fourth-order valence-corrected chi connectivity index (χ4v) is 17.3. The van der Waals surface area contributed by atoms with Gasteiger partial charge in [-0.1, -0.05) is 196 Å². The van der Waals surface area contributed by atoms with E-state index in [2.05, 4.69) is 489 Å². The van der Waals surface area contributed by atoms with Gasteiger partial charge in [0, 0.05) is 233 Å². The fourth-order valence-electron chi connectivity index (χ4n) is 17.3. The molecule has 15 aromatic carbocycles. The van der Waals surface area contributed by atoms with Gasteiger partial charge in [0.15, 0.2) is 0 Å². The zero-order valence-corrected chi connectivity index (χ0v) is 70.1. The second-order valence-electron chi connectivity index (χ2n) is 31.1. The van der Waals surface area contributed by atoms with Crippen LogP contribution < -0.4 is 24.5 Å². The van der Waals surface area contributed by atoms with Crippen LogP contribution in [0.15, 0.2) is 364 Å². The summed E-state index contributed by atoms with van der Waals surface area (Å²) in [6, 6.07) is 131. The number of hydrogen-bond acceptors (Lipinski definition) is 5. The molecule has 0 N–H and O–H groups in total. The van der Waals surface area contributed by atoms with Gasteiger partial charge in [-0.2, -0.15) is 0 Å². The van der Waals surface area contributed by atoms with Crippen molar-refractivity contribution in [2.75, 3.05) is 59.7 Å². The van der Waals surface area contributed by atoms with Crippen LogP contribution in [0.2, 0.25) is 0 Å². The third-order valence-electron chi connectivity index (χ3n) is 23.8. The molecule has 118 heavy (non-hydrogen) atoms. The molecule has 0 spiro atoms. The summed E-state index contributed by atoms with van der Waals surface area (Å²) in [6.07, 6.45) is 2.26. The molecule has 5 heterocycles. The summed E-state index contributed by atoms with van der Waals surface area (Å²) in [6.45, 7) is 15.5. The number of benzene rings is 15. The Morgan fingerprint density at radius 1 is 0.229 bits per heavy atom. The molecular formula is C108H106N10. The van der Waals surface area contributed by atoms with Crippen molar-refractivity contribution in [2.45, 2.75) is 79.6 Å². The van der Waals surface area contributed by atoms with Crippen molar-refractivity contribution in [3.63, 3.8) is 0 Å². The molecule has 0 fully saturated rings. The quantitative estimate of drug-likeness (QED) is 0.0964. The highest BCUT2D eigenvalue weighted by molar-refractivity contribution is 6.13. The minimum Gasteiger partial charge on any atom is -0.345 e. The van der Waals surface area contributed by atoms with Gasteiger partial charge in [-0.3, -0.25) is 0 Å². The largest absolute Gasteiger partial charge is 0.345 e. The van der Waals surface area contributed by atoms with Crippen LogP contribution in [0, 0.1) is 0 Å². The highest BCUT2D eigenvalue weighted by atomic mass is 15.1. The van der Waals surface area contributed by atoms with Gasteiger partial charge in [0.05, 0.1) is 0 Å². The summed E-state index contributed by atoms with van der Waals surface area (Å²) in [5.41, 5.74) is 25.1. The van der Waals surface area contributed by atoms with Gasteiger partial charge in [-0.05, 0) is 223 Å². The molecule has 0 aliphatic carbocycles. The molecule has 0 amide bonds. The Hall–Kier alpha value is -13.7. The maximum absolute atomic E-state index is 2.48. The summed E-state index contributed by atoms with van der Waals surface area (Å²) in [5.74, 6) is 0. The number of hydrogen-bond donors (Lipinski definition) is 0. The third kappa shape index (κ3) is 15.4. The Labute approximate surface area is 694 Å². The van der Waals surface area contributed by atoms with Crippen LogP contribution in [0.1, 0.15) is 66.5 Å². The maximum atomic E-state index is 2.48. The third-order valence-corrected chi connectivity index (χ3v) is 23.8. The molecule has 20 rings (SSSR count). The summed E-state index contributed by atoms with van der Waals surface area (Å²) in [4.78, 5) is 11.2. The first-order valence-electron chi connectivity index (χ1n) is 41.7. The maximum Gasteiger partial charge on any atom is 0.0495 e. The molecule has 588 valence electrons. The number of fused-ring (bicyclic) bond motifs is 15. The molecule has 10 heteroatoms. The van der Waals surface area contributed by atoms with E-state index >= 15 is 0 Å². The van der Waals surface area contributed by atoms with Crippen molar-refractivity contribution in [1.29, 1.82) is 0 Å². The summed E-state index contributed by atoms with van der Waals surface area (Å²) in [5, 5.41) is 13.2. The predicted octanol–water partition coefficient (Wildman–Crippen LogP) is 29.3. The molecule has 1 unspecified atom stereocenters. The minimum absolute atomic E-state index is 0.435. The van der Waals surface area contributed by atoms with Crippen molar-refractivity contribution in [2.24, 2.45) is 7.05 Å². The van der Waals surface area contributed by atoms with E-state index < -0.39 is 0 Å². The summed E-state index contributed by atoms with van der Waals surface area (Å²) < 4.78 is 12.0. The molecule has 0 bridgehead atoms. The lowest BCUT2D eigenvalue weighted by molar-refractivity contribution is 0.563. The van der Waals surface area contributed by atoms with Crippen LogP contribution >= 0.6 is 0 Å². The first-order valence-corrected chi connectivity index (χ1v) is 41.7. The fraction of sp³-hybridized carbons (Fsp3) is 0.167. The predicted molar refractivity (Wildman–Crippen MR) is 512 cm³/mol. The standard InChI is InChI=1S/C23H24N2.2C22H22N2.C21H20N2.C20H18N2/c1-4-17(2)25-22-13-9-8-12-20(22)21-16-19(14-15-23(21)25)24(3)18-10-6-5-7-11-18;1-16(2)24-21-12-8-7-11-19(21)20-15-18(13-14-22(20)24)23(3)17-9-5-4-6-10-17;1-3-15-24-21-12-8-7-11-19(21)20-16-18(13-14-22(20)24)23(2)17-9-5-4-6-10-17;1-3-23-20-12-8-7-11-18(20)19-15-17(13-14-21(19)23)22(2)16-9-5-4-6-10-16;1-21(15-8-4-3-5-9-15)16-12-13-20-18(14-16)17-10-6-7-11-19(17)22(20)2/h5-17H,4H2,1-3H3;4-16H,1-3H3;4-14,16H,3,15H2,1-2H3;4-15H,3H2,1-2H3;3-14H,1-2H3. The lowest BCUT2D eigenvalue weighted by atomic mass is 10.1. The number of aryl methyl sites for hydroxylation is 3. The van der Waals surface area contributed by atoms with E-state index in [0.29, 0.717) is 12.1 Å². The number of nitrogens with zero attached hydrogens (tertiary/aromatic N) is 10. The Kier molecular flexibility index (Phi) is 23.0. The number of rotatable bonds is 16. The van der Waals surface area contributed by atoms with E-state index in [1.54, 1.807) is 0 Å². The first-order chi connectivity index (χ1) is 57.7. The van der Waals surface area contributed by atoms with Gasteiger partial charge < -0.3 is 47.3 Å². The van der Waals surface area contributed by atoms with Crippen LogP contribution in [0.5, 0.6) is 0 Å². The van der Waals surface area contributed by atoms with Gasteiger partial charge in [0.2, 0.25) is 0 Å². The first kappa shape index (κ1) is 78.2. The SMILES string of the molecule is CC(C)n1c2ccccc2c2cc(N(C)c3ccccc3)ccc21.CCC(C)n1c2ccccc2c2cc(N(C)c3ccccc3)ccc21.CCCn1c2ccccc2c2cc(N(C)c3ccccc3)ccc21.CCn1c2ccccc2c2cc(N(C)c3ccccc3)ccc21.CN(c1ccccc1)c1ccc2c(c1)c1ccccc1n2C.